The molecule has 514 valence electrons. The summed E-state index contributed by atoms with van der Waals surface area (Å²) in [5, 5.41) is 216. The van der Waals surface area contributed by atoms with Gasteiger partial charge in [0.15, 0.2) is 31.5 Å². The number of aliphatic hydroxyl groups is 18. The van der Waals surface area contributed by atoms with Crippen molar-refractivity contribution in [1.82, 2.24) is 21.3 Å². The molecule has 0 aliphatic carbocycles. The van der Waals surface area contributed by atoms with E-state index in [0.29, 0.717) is 0 Å². The van der Waals surface area contributed by atoms with Gasteiger partial charge in [-0.15, -0.1) is 0 Å². The molecule has 6 fully saturated rings. The van der Waals surface area contributed by atoms with Crippen LogP contribution < -0.4 is 21.3 Å². The third kappa shape index (κ3) is 16.9. The van der Waals surface area contributed by atoms with Gasteiger partial charge in [-0.2, -0.15) is 0 Å². The first-order chi connectivity index (χ1) is 42.1. The second-order valence-electron chi connectivity index (χ2n) is 21.9. The number of aliphatic hydroxyl groups excluding tert-OH is 18. The van der Waals surface area contributed by atoms with E-state index in [1.54, 1.807) is 0 Å². The summed E-state index contributed by atoms with van der Waals surface area (Å²) in [5.41, 5.74) is 0. The maximum absolute atomic E-state index is 13.1. The Hall–Kier alpha value is -3.85. The summed E-state index contributed by atoms with van der Waals surface area (Å²) in [7, 11) is 0. The zero-order chi connectivity index (χ0) is 66.1. The number of rotatable bonds is 28. The molecule has 23 N–H and O–H groups in total. The Kier molecular flexibility index (Phi) is 27.4. The minimum atomic E-state index is -3.25. The van der Waals surface area contributed by atoms with Gasteiger partial charge in [-0.05, 0) is 0 Å². The minimum Gasteiger partial charge on any atom is -0.477 e. The van der Waals surface area contributed by atoms with Gasteiger partial charge in [-0.1, -0.05) is 0 Å². The lowest BCUT2D eigenvalue weighted by atomic mass is 9.88. The van der Waals surface area contributed by atoms with Gasteiger partial charge in [0.05, 0.1) is 71.0 Å². The lowest BCUT2D eigenvalue weighted by Gasteiger charge is -2.52. The van der Waals surface area contributed by atoms with E-state index in [2.05, 4.69) is 21.3 Å². The Morgan fingerprint density at radius 2 is 0.944 bits per heavy atom. The van der Waals surface area contributed by atoms with Crippen LogP contribution in [0.2, 0.25) is 0 Å². The van der Waals surface area contributed by atoms with E-state index in [1.807, 2.05) is 0 Å². The number of carboxylic acids is 1. The molecule has 0 aromatic carbocycles. The highest BCUT2D eigenvalue weighted by Gasteiger charge is 2.62. The number of aliphatic carboxylic acids is 1. The first-order valence-electron chi connectivity index (χ1n) is 27.9. The van der Waals surface area contributed by atoms with Crippen molar-refractivity contribution in [1.29, 1.82) is 0 Å². The largest absolute Gasteiger partial charge is 0.477 e. The predicted molar refractivity (Wildman–Crippen MR) is 275 cm³/mol. The first-order valence-corrected chi connectivity index (χ1v) is 27.9. The van der Waals surface area contributed by atoms with E-state index >= 15 is 0 Å². The van der Waals surface area contributed by atoms with Crippen molar-refractivity contribution in [3.63, 3.8) is 0 Å². The number of nitrogens with one attached hydrogen (secondary N) is 4. The molecule has 40 heteroatoms. The number of carbonyl (C=O) groups excluding carboxylic acids is 4. The zero-order valence-corrected chi connectivity index (χ0v) is 47.8. The summed E-state index contributed by atoms with van der Waals surface area (Å²) in [4.78, 5) is 61.7. The van der Waals surface area contributed by atoms with Crippen LogP contribution in [0.25, 0.3) is 0 Å². The molecule has 6 aliphatic rings. The number of carbonyl (C=O) groups is 5. The summed E-state index contributed by atoms with van der Waals surface area (Å²) in [6.45, 7) is -4.99. The van der Waals surface area contributed by atoms with Gasteiger partial charge < -0.3 is 175 Å². The van der Waals surface area contributed by atoms with Crippen molar-refractivity contribution in [2.75, 3.05) is 52.9 Å². The number of hydrogen-bond acceptors (Lipinski definition) is 35. The van der Waals surface area contributed by atoms with E-state index in [0.717, 1.165) is 20.8 Å². The molecule has 6 aliphatic heterocycles. The average molecular weight is 1300 g/mol. The Morgan fingerprint density at radius 1 is 0.506 bits per heavy atom. The standard InChI is InChI=1S/C49H82N4O36/c1-14(62)51-25-18(65)4-49(48(76)77,88-40(25)28(67)19(66)6-55)89-41-30(69)21(8-57)80-46(35(41)74)84-37-22(9-58)81-44(27(32(37)71)53-16(3)64)87-42-36(75)47(85-38-23(10-59)82-45(34(73)33(38)72)78-12-17(5-54)50-13-61)83-24(11-60)39(42)86-43-26(52-15(2)63)31(70)29(68)20(7-56)79-43/h13,17-47,54-60,65-75H,4-12H2,1-3H3,(H,50,61)(H,51,62)(H,52,63)(H,53,64)(H,76,77)/t17-,18+,19-,20-,21-,22-,23-,24-,25-,26-,27-,28-,29+,30+,31-,32-,33-,34-,35-,36-,37+,38-,39+,40-,41+,42-,43+,44+,45-,46+,47+,49+/m1/s1. The summed E-state index contributed by atoms with van der Waals surface area (Å²) in [6.07, 6.45) is -57.1. The fourth-order valence-corrected chi connectivity index (χ4v) is 11.0. The van der Waals surface area contributed by atoms with E-state index in [1.165, 1.54) is 0 Å². The number of carboxylic acid groups (broad SMARTS) is 1. The molecule has 0 aromatic heterocycles. The molecule has 0 unspecified atom stereocenters. The third-order valence-corrected chi connectivity index (χ3v) is 15.6. The Labute approximate surface area is 504 Å². The lowest BCUT2D eigenvalue weighted by molar-refractivity contribution is -0.398. The highest BCUT2D eigenvalue weighted by Crippen LogP contribution is 2.40. The van der Waals surface area contributed by atoms with Crippen LogP contribution in [0.3, 0.4) is 0 Å². The number of hydrogen-bond donors (Lipinski definition) is 23. The van der Waals surface area contributed by atoms with E-state index in [-0.39, 0.29) is 6.41 Å². The van der Waals surface area contributed by atoms with Gasteiger partial charge in [0.25, 0.3) is 5.79 Å². The van der Waals surface area contributed by atoms with Crippen molar-refractivity contribution < 1.29 is 178 Å². The minimum absolute atomic E-state index is 0.244. The van der Waals surface area contributed by atoms with Gasteiger partial charge in [-0.3, -0.25) is 19.2 Å². The maximum atomic E-state index is 13.1. The van der Waals surface area contributed by atoms with Gasteiger partial charge >= 0.3 is 5.97 Å². The van der Waals surface area contributed by atoms with Crippen LogP contribution in [0.5, 0.6) is 0 Å². The van der Waals surface area contributed by atoms with Gasteiger partial charge in [0, 0.05) is 27.2 Å². The molecular weight excluding hydrogens is 1220 g/mol. The van der Waals surface area contributed by atoms with E-state index < -0.39 is 279 Å². The van der Waals surface area contributed by atoms with Crippen molar-refractivity contribution in [2.45, 2.75) is 223 Å². The highest BCUT2D eigenvalue weighted by atomic mass is 16.8. The fourth-order valence-electron chi connectivity index (χ4n) is 11.0. The van der Waals surface area contributed by atoms with Gasteiger partial charge in [0.2, 0.25) is 24.1 Å². The monoisotopic (exact) mass is 1300 g/mol. The first kappa shape index (κ1) is 74.2. The van der Waals surface area contributed by atoms with Crippen molar-refractivity contribution in [3.8, 4) is 0 Å². The molecule has 0 radical (unpaired) electrons. The molecule has 32 atom stereocenters. The van der Waals surface area contributed by atoms with Crippen molar-refractivity contribution >= 4 is 30.1 Å². The van der Waals surface area contributed by atoms with Crippen molar-refractivity contribution in [3.05, 3.63) is 0 Å². The molecule has 89 heavy (non-hydrogen) atoms. The number of ether oxygens (including phenoxy) is 12. The molecule has 40 nitrogen and oxygen atoms in total. The topological polar surface area (TPSA) is 629 Å². The second kappa shape index (κ2) is 32.8. The normalized spacial score (nSPS) is 43.8. The molecule has 6 rings (SSSR count). The molecule has 0 bridgehead atoms. The highest BCUT2D eigenvalue weighted by molar-refractivity contribution is 5.77. The van der Waals surface area contributed by atoms with Crippen LogP contribution in [0.1, 0.15) is 27.2 Å². The molecule has 0 aromatic rings. The Balaban J connectivity index is 1.34. The van der Waals surface area contributed by atoms with E-state index in [4.69, 9.17) is 56.8 Å². The molecular formula is C49H82N4O36. The van der Waals surface area contributed by atoms with Crippen LogP contribution in [-0.4, -0.2) is 376 Å². The smallest absolute Gasteiger partial charge is 0.364 e. The molecule has 6 saturated heterocycles. The van der Waals surface area contributed by atoms with Crippen LogP contribution in [0, 0.1) is 0 Å². The fraction of sp³-hybridized carbons (Fsp3) is 0.898. The summed E-state index contributed by atoms with van der Waals surface area (Å²) in [6, 6.07) is -6.49. The zero-order valence-electron chi connectivity index (χ0n) is 47.8. The summed E-state index contributed by atoms with van der Waals surface area (Å²) >= 11 is 0. The Bertz CT molecular complexity index is 2270. The quantitative estimate of drug-likeness (QED) is 0.0324. The summed E-state index contributed by atoms with van der Waals surface area (Å²) < 4.78 is 70.2. The Morgan fingerprint density at radius 3 is 1.45 bits per heavy atom. The van der Waals surface area contributed by atoms with Gasteiger partial charge in [0.1, 0.15) is 140 Å². The number of amides is 4. The van der Waals surface area contributed by atoms with E-state index in [9.17, 15) is 121 Å². The maximum Gasteiger partial charge on any atom is 0.364 e. The van der Waals surface area contributed by atoms with Crippen LogP contribution in [-0.2, 0) is 80.8 Å². The van der Waals surface area contributed by atoms with Gasteiger partial charge in [-0.25, -0.2) is 4.79 Å². The molecule has 0 spiro atoms. The van der Waals surface area contributed by atoms with Crippen LogP contribution >= 0.6 is 0 Å². The third-order valence-electron chi connectivity index (χ3n) is 15.6. The predicted octanol–water partition coefficient (Wildman–Crippen LogP) is -15.3. The lowest BCUT2D eigenvalue weighted by Crippen LogP contribution is -2.72. The van der Waals surface area contributed by atoms with Crippen LogP contribution in [0.4, 0.5) is 0 Å². The van der Waals surface area contributed by atoms with Crippen molar-refractivity contribution in [2.24, 2.45) is 0 Å². The molecule has 0 saturated carbocycles. The summed E-state index contributed by atoms with van der Waals surface area (Å²) in [5.74, 6) is -8.03. The SMILES string of the molecule is CC(=O)N[C@H]1[C@H](O[C@@H]2[C@@H](O)[C@H](O[C@H]3[C@H](O)[C@@H](O)[C@H](OC[C@@H](CO)NC=O)O[C@@H]3CO)O[C@H](CO)[C@@H]2O[C@@H]2O[C@H](CO)[C@H](O)[C@H](O)[C@H]2NC(C)=O)O[C@H](CO)[C@H](O[C@@H]2O[C@H](CO)[C@H](O)[C@H](O[C@]3(C(=O)O)C[C@H](O)[C@@H](NC(C)=O)[C@H]([C@H](O)[C@H](O)CO)O3)[C@H]2O)[C@@H]1O. The molecule has 4 amide bonds. The average Bonchev–Trinajstić information content (AvgIpc) is 0.901. The molecule has 6 heterocycles. The second-order valence-corrected chi connectivity index (χ2v) is 21.9. The van der Waals surface area contributed by atoms with Crippen LogP contribution in [0.15, 0.2) is 0 Å².